The monoisotopic (exact) mass is 157 g/mol. The molecule has 0 aromatic heterocycles. The molecule has 1 fully saturated rings. The lowest BCUT2D eigenvalue weighted by Crippen LogP contribution is -2.25. The van der Waals surface area contributed by atoms with Gasteiger partial charge in [0.05, 0.1) is 0 Å². The number of hydrogen-bond acceptors (Lipinski definition) is 3. The molecule has 1 atom stereocenters. The van der Waals surface area contributed by atoms with Crippen molar-refractivity contribution in [1.29, 1.82) is 0 Å². The van der Waals surface area contributed by atoms with Gasteiger partial charge in [0.1, 0.15) is 0 Å². The van der Waals surface area contributed by atoms with Crippen LogP contribution >= 0.6 is 0 Å². The van der Waals surface area contributed by atoms with E-state index in [2.05, 4.69) is 4.90 Å². The van der Waals surface area contributed by atoms with Crippen LogP contribution in [0.1, 0.15) is 12.8 Å². The van der Waals surface area contributed by atoms with Gasteiger partial charge in [-0.2, -0.15) is 0 Å². The van der Waals surface area contributed by atoms with Crippen LogP contribution in [0.4, 0.5) is 0 Å². The normalized spacial score (nSPS) is 26.2. The molecule has 0 bridgehead atoms. The van der Waals surface area contributed by atoms with Crippen LogP contribution in [0.25, 0.3) is 0 Å². The van der Waals surface area contributed by atoms with Gasteiger partial charge < -0.3 is 16.4 Å². The van der Waals surface area contributed by atoms with Crippen molar-refractivity contribution in [2.24, 2.45) is 17.4 Å². The Morgan fingerprint density at radius 2 is 2.18 bits per heavy atom. The van der Waals surface area contributed by atoms with Gasteiger partial charge >= 0.3 is 0 Å². The van der Waals surface area contributed by atoms with Gasteiger partial charge in [0, 0.05) is 6.54 Å². The molecule has 3 heteroatoms. The van der Waals surface area contributed by atoms with Gasteiger partial charge in [-0.25, -0.2) is 0 Å². The second-order valence-corrected chi connectivity index (χ2v) is 3.33. The second kappa shape index (κ2) is 4.70. The molecular formula is C8H19N3. The summed E-state index contributed by atoms with van der Waals surface area (Å²) in [6, 6.07) is 0. The second-order valence-electron chi connectivity index (χ2n) is 3.33. The van der Waals surface area contributed by atoms with Crippen LogP contribution in [0.5, 0.6) is 0 Å². The highest BCUT2D eigenvalue weighted by atomic mass is 15.1. The zero-order chi connectivity index (χ0) is 8.10. The third kappa shape index (κ3) is 2.77. The Labute approximate surface area is 68.7 Å². The summed E-state index contributed by atoms with van der Waals surface area (Å²) in [5.74, 6) is 0.743. The van der Waals surface area contributed by atoms with Crippen molar-refractivity contribution in [2.75, 3.05) is 32.7 Å². The molecule has 0 aliphatic carbocycles. The summed E-state index contributed by atoms with van der Waals surface area (Å²) >= 11 is 0. The number of nitrogens with zero attached hydrogens (tertiary/aromatic N) is 1. The molecule has 0 radical (unpaired) electrons. The number of nitrogens with two attached hydrogens (primary N) is 2. The van der Waals surface area contributed by atoms with Gasteiger partial charge in [-0.05, 0) is 44.9 Å². The molecule has 66 valence electrons. The van der Waals surface area contributed by atoms with Gasteiger partial charge in [0.25, 0.3) is 0 Å². The van der Waals surface area contributed by atoms with E-state index >= 15 is 0 Å². The van der Waals surface area contributed by atoms with Crippen LogP contribution in [0, 0.1) is 5.92 Å². The van der Waals surface area contributed by atoms with Crippen molar-refractivity contribution in [3.8, 4) is 0 Å². The summed E-state index contributed by atoms with van der Waals surface area (Å²) in [5.41, 5.74) is 11.0. The summed E-state index contributed by atoms with van der Waals surface area (Å²) in [6.07, 6.45) is 2.40. The van der Waals surface area contributed by atoms with Crippen LogP contribution in [0.15, 0.2) is 0 Å². The summed E-state index contributed by atoms with van der Waals surface area (Å²) in [7, 11) is 0. The molecule has 1 aliphatic rings. The minimum Gasteiger partial charge on any atom is -0.330 e. The zero-order valence-corrected chi connectivity index (χ0v) is 7.13. The molecular weight excluding hydrogens is 138 g/mol. The Morgan fingerprint density at radius 3 is 2.73 bits per heavy atom. The first-order valence-corrected chi connectivity index (χ1v) is 4.49. The van der Waals surface area contributed by atoms with E-state index in [1.165, 1.54) is 19.5 Å². The molecule has 0 saturated carbocycles. The first-order chi connectivity index (χ1) is 5.36. The molecule has 0 aromatic carbocycles. The Hall–Kier alpha value is -0.120. The molecule has 3 nitrogen and oxygen atoms in total. The van der Waals surface area contributed by atoms with Gasteiger partial charge in [0.15, 0.2) is 0 Å². The molecule has 4 N–H and O–H groups in total. The van der Waals surface area contributed by atoms with Crippen LogP contribution in [-0.4, -0.2) is 37.6 Å². The maximum atomic E-state index is 5.57. The first kappa shape index (κ1) is 8.97. The van der Waals surface area contributed by atoms with E-state index in [0.717, 1.165) is 32.0 Å². The molecule has 1 aliphatic heterocycles. The molecule has 1 rings (SSSR count). The molecule has 11 heavy (non-hydrogen) atoms. The van der Waals surface area contributed by atoms with E-state index in [9.17, 15) is 0 Å². The fourth-order valence-corrected chi connectivity index (χ4v) is 1.62. The summed E-state index contributed by atoms with van der Waals surface area (Å²) in [6.45, 7) is 5.23. The predicted molar refractivity (Wildman–Crippen MR) is 47.3 cm³/mol. The van der Waals surface area contributed by atoms with Gasteiger partial charge in [-0.15, -0.1) is 0 Å². The lowest BCUT2D eigenvalue weighted by Gasteiger charge is -2.14. The average Bonchev–Trinajstić information content (AvgIpc) is 2.48. The van der Waals surface area contributed by atoms with Gasteiger partial charge in [-0.1, -0.05) is 0 Å². The van der Waals surface area contributed by atoms with Crippen LogP contribution < -0.4 is 11.5 Å². The minimum absolute atomic E-state index is 0.743. The maximum Gasteiger partial charge on any atom is 0.00222 e. The lowest BCUT2D eigenvalue weighted by atomic mass is 10.1. The molecule has 0 amide bonds. The summed E-state index contributed by atoms with van der Waals surface area (Å²) in [5, 5.41) is 0. The SMILES string of the molecule is NCCCN1CC[C@@H](CN)C1. The largest absolute Gasteiger partial charge is 0.330 e. The van der Waals surface area contributed by atoms with E-state index in [4.69, 9.17) is 11.5 Å². The Morgan fingerprint density at radius 1 is 1.36 bits per heavy atom. The van der Waals surface area contributed by atoms with E-state index in [1.807, 2.05) is 0 Å². The Balaban J connectivity index is 2.09. The molecule has 1 heterocycles. The van der Waals surface area contributed by atoms with E-state index < -0.39 is 0 Å². The number of likely N-dealkylation sites (tertiary alicyclic amines) is 1. The standard InChI is InChI=1S/C8H19N3/c9-3-1-4-11-5-2-8(6-10)7-11/h8H,1-7,9-10H2/t8-/m0/s1. The third-order valence-electron chi connectivity index (χ3n) is 2.38. The lowest BCUT2D eigenvalue weighted by molar-refractivity contribution is 0.323. The summed E-state index contributed by atoms with van der Waals surface area (Å²) < 4.78 is 0. The fourth-order valence-electron chi connectivity index (χ4n) is 1.62. The number of rotatable bonds is 4. The van der Waals surface area contributed by atoms with Gasteiger partial charge in [-0.3, -0.25) is 0 Å². The zero-order valence-electron chi connectivity index (χ0n) is 7.13. The van der Waals surface area contributed by atoms with Crippen LogP contribution in [0.2, 0.25) is 0 Å². The molecule has 0 aromatic rings. The molecule has 1 saturated heterocycles. The highest BCUT2D eigenvalue weighted by Crippen LogP contribution is 2.14. The highest BCUT2D eigenvalue weighted by Gasteiger charge is 2.19. The van der Waals surface area contributed by atoms with Crippen molar-refractivity contribution >= 4 is 0 Å². The smallest absolute Gasteiger partial charge is 0.00222 e. The summed E-state index contributed by atoms with van der Waals surface area (Å²) in [4.78, 5) is 2.46. The minimum atomic E-state index is 0.743. The third-order valence-corrected chi connectivity index (χ3v) is 2.38. The maximum absolute atomic E-state index is 5.57. The first-order valence-electron chi connectivity index (χ1n) is 4.49. The van der Waals surface area contributed by atoms with Crippen molar-refractivity contribution in [3.63, 3.8) is 0 Å². The number of hydrogen-bond donors (Lipinski definition) is 2. The predicted octanol–water partition coefficient (Wildman–Crippen LogP) is -0.384. The van der Waals surface area contributed by atoms with Crippen LogP contribution in [-0.2, 0) is 0 Å². The average molecular weight is 157 g/mol. The topological polar surface area (TPSA) is 55.3 Å². The fraction of sp³-hybridized carbons (Fsp3) is 1.00. The Kier molecular flexibility index (Phi) is 3.83. The van der Waals surface area contributed by atoms with E-state index in [0.29, 0.717) is 0 Å². The molecule has 0 spiro atoms. The van der Waals surface area contributed by atoms with Crippen molar-refractivity contribution in [1.82, 2.24) is 4.90 Å². The van der Waals surface area contributed by atoms with Crippen molar-refractivity contribution < 1.29 is 0 Å². The quantitative estimate of drug-likeness (QED) is 0.584. The van der Waals surface area contributed by atoms with Gasteiger partial charge in [0.2, 0.25) is 0 Å². The highest BCUT2D eigenvalue weighted by molar-refractivity contribution is 4.75. The van der Waals surface area contributed by atoms with Crippen molar-refractivity contribution in [3.05, 3.63) is 0 Å². The van der Waals surface area contributed by atoms with E-state index in [1.54, 1.807) is 0 Å². The van der Waals surface area contributed by atoms with Crippen LogP contribution in [0.3, 0.4) is 0 Å². The Bertz CT molecular complexity index is 106. The van der Waals surface area contributed by atoms with E-state index in [-0.39, 0.29) is 0 Å². The molecule has 0 unspecified atom stereocenters. The van der Waals surface area contributed by atoms with Crippen molar-refractivity contribution in [2.45, 2.75) is 12.8 Å².